The molecule has 0 spiro atoms. The van der Waals surface area contributed by atoms with Gasteiger partial charge in [-0.15, -0.1) is 0 Å². The summed E-state index contributed by atoms with van der Waals surface area (Å²) in [5.41, 5.74) is 0. The molecular weight excluding hydrogens is 284 g/mol. The Bertz CT molecular complexity index is 430. The Morgan fingerprint density at radius 2 is 1.86 bits per heavy atom. The van der Waals surface area contributed by atoms with E-state index < -0.39 is 5.97 Å². The zero-order chi connectivity index (χ0) is 16.1. The van der Waals surface area contributed by atoms with Gasteiger partial charge in [-0.05, 0) is 12.8 Å². The van der Waals surface area contributed by atoms with Crippen LogP contribution in [0.3, 0.4) is 0 Å². The molecule has 1 N–H and O–H groups in total. The molecule has 0 radical (unpaired) electrons. The largest absolute Gasteiger partial charge is 0.481 e. The van der Waals surface area contributed by atoms with Gasteiger partial charge in [0.2, 0.25) is 11.8 Å². The lowest BCUT2D eigenvalue weighted by molar-refractivity contribution is -0.139. The molecule has 0 unspecified atom stereocenters. The van der Waals surface area contributed by atoms with Gasteiger partial charge >= 0.3 is 5.97 Å². The van der Waals surface area contributed by atoms with E-state index in [1.165, 1.54) is 17.7 Å². The van der Waals surface area contributed by atoms with Gasteiger partial charge in [-0.3, -0.25) is 14.4 Å². The maximum Gasteiger partial charge on any atom is 0.305 e. The van der Waals surface area contributed by atoms with Crippen LogP contribution in [0.4, 0.5) is 0 Å². The first-order valence-electron chi connectivity index (χ1n) is 8.25. The number of carboxylic acid groups (broad SMARTS) is 1. The van der Waals surface area contributed by atoms with Crippen molar-refractivity contribution in [3.05, 3.63) is 0 Å². The monoisotopic (exact) mass is 310 g/mol. The van der Waals surface area contributed by atoms with E-state index in [0.29, 0.717) is 6.54 Å². The fourth-order valence-corrected chi connectivity index (χ4v) is 3.50. The quantitative estimate of drug-likeness (QED) is 0.780. The van der Waals surface area contributed by atoms with Crippen LogP contribution in [0.1, 0.15) is 51.4 Å². The van der Waals surface area contributed by atoms with E-state index in [1.807, 2.05) is 4.90 Å². The van der Waals surface area contributed by atoms with E-state index in [0.717, 1.165) is 25.7 Å². The highest BCUT2D eigenvalue weighted by Gasteiger charge is 2.38. The summed E-state index contributed by atoms with van der Waals surface area (Å²) < 4.78 is 0. The minimum absolute atomic E-state index is 0.0603. The second kappa shape index (κ2) is 7.61. The number of rotatable bonds is 5. The summed E-state index contributed by atoms with van der Waals surface area (Å²) in [6.07, 6.45) is 7.08. The van der Waals surface area contributed by atoms with E-state index in [9.17, 15) is 14.4 Å². The molecule has 2 fully saturated rings. The third kappa shape index (κ3) is 4.21. The molecule has 1 saturated carbocycles. The zero-order valence-electron chi connectivity index (χ0n) is 13.3. The number of nitrogens with zero attached hydrogens (tertiary/aromatic N) is 2. The highest BCUT2D eigenvalue weighted by atomic mass is 16.4. The van der Waals surface area contributed by atoms with Gasteiger partial charge in [-0.25, -0.2) is 0 Å². The van der Waals surface area contributed by atoms with Crippen molar-refractivity contribution in [2.24, 2.45) is 5.92 Å². The van der Waals surface area contributed by atoms with Crippen LogP contribution in [0, 0.1) is 5.92 Å². The van der Waals surface area contributed by atoms with Crippen LogP contribution in [-0.2, 0) is 14.4 Å². The number of hydrogen-bond acceptors (Lipinski definition) is 3. The molecule has 1 aliphatic carbocycles. The molecule has 0 aromatic rings. The maximum atomic E-state index is 12.4. The second-order valence-electron chi connectivity index (χ2n) is 6.50. The Kier molecular flexibility index (Phi) is 5.80. The SMILES string of the molecule is CN(CCC(=O)O)C(=O)[C@@H]1CC(=O)N(C2CCCCCC2)C1. The number of hydrogen-bond donors (Lipinski definition) is 1. The first kappa shape index (κ1) is 16.8. The van der Waals surface area contributed by atoms with Gasteiger partial charge in [0.05, 0.1) is 12.3 Å². The van der Waals surface area contributed by atoms with E-state index in [-0.39, 0.29) is 43.2 Å². The summed E-state index contributed by atoms with van der Waals surface area (Å²) in [6, 6.07) is 0.289. The number of aliphatic carboxylic acids is 1. The van der Waals surface area contributed by atoms with Crippen LogP contribution < -0.4 is 0 Å². The highest BCUT2D eigenvalue weighted by Crippen LogP contribution is 2.28. The summed E-state index contributed by atoms with van der Waals surface area (Å²) in [5, 5.41) is 8.69. The van der Waals surface area contributed by atoms with E-state index in [4.69, 9.17) is 5.11 Å². The van der Waals surface area contributed by atoms with E-state index in [1.54, 1.807) is 7.05 Å². The average molecular weight is 310 g/mol. The molecule has 6 heteroatoms. The molecule has 1 aliphatic heterocycles. The van der Waals surface area contributed by atoms with Crippen molar-refractivity contribution in [1.29, 1.82) is 0 Å². The topological polar surface area (TPSA) is 77.9 Å². The summed E-state index contributed by atoms with van der Waals surface area (Å²) in [6.45, 7) is 0.696. The van der Waals surface area contributed by atoms with E-state index >= 15 is 0 Å². The summed E-state index contributed by atoms with van der Waals surface area (Å²) in [7, 11) is 1.62. The fourth-order valence-electron chi connectivity index (χ4n) is 3.50. The van der Waals surface area contributed by atoms with Gasteiger partial charge in [0.15, 0.2) is 0 Å². The lowest BCUT2D eigenvalue weighted by Gasteiger charge is -2.27. The number of carbonyl (C=O) groups excluding carboxylic acids is 2. The van der Waals surface area contributed by atoms with Gasteiger partial charge in [0.25, 0.3) is 0 Å². The zero-order valence-corrected chi connectivity index (χ0v) is 13.3. The molecule has 0 bridgehead atoms. The first-order valence-corrected chi connectivity index (χ1v) is 8.25. The fraction of sp³-hybridized carbons (Fsp3) is 0.812. The first-order chi connectivity index (χ1) is 10.5. The van der Waals surface area contributed by atoms with Gasteiger partial charge in [0, 0.05) is 32.6 Å². The van der Waals surface area contributed by atoms with E-state index in [2.05, 4.69) is 0 Å². The summed E-state index contributed by atoms with van der Waals surface area (Å²) >= 11 is 0. The minimum atomic E-state index is -0.915. The van der Waals surface area contributed by atoms with Crippen molar-refractivity contribution in [3.63, 3.8) is 0 Å². The number of carboxylic acids is 1. The van der Waals surface area contributed by atoms with Crippen LogP contribution in [0.2, 0.25) is 0 Å². The van der Waals surface area contributed by atoms with Crippen molar-refractivity contribution in [1.82, 2.24) is 9.80 Å². The summed E-state index contributed by atoms with van der Waals surface area (Å²) in [5.74, 6) is -1.25. The molecule has 0 aromatic heterocycles. The predicted octanol–water partition coefficient (Wildman–Crippen LogP) is 1.49. The van der Waals surface area contributed by atoms with Gasteiger partial charge < -0.3 is 14.9 Å². The van der Waals surface area contributed by atoms with Gasteiger partial charge in [-0.2, -0.15) is 0 Å². The molecule has 124 valence electrons. The molecule has 2 amide bonds. The Balaban J connectivity index is 1.90. The summed E-state index contributed by atoms with van der Waals surface area (Å²) in [4.78, 5) is 38.5. The number of likely N-dealkylation sites (tertiary alicyclic amines) is 1. The molecule has 2 rings (SSSR count). The normalized spacial score (nSPS) is 23.4. The average Bonchev–Trinajstić information content (AvgIpc) is 2.70. The standard InChI is InChI=1S/C16H26N2O4/c1-17(9-8-15(20)21)16(22)12-10-14(19)18(11-12)13-6-4-2-3-5-7-13/h12-13H,2-11H2,1H3,(H,20,21)/t12-/m1/s1. The predicted molar refractivity (Wildman–Crippen MR) is 81.2 cm³/mol. The van der Waals surface area contributed by atoms with Crippen LogP contribution in [-0.4, -0.2) is 58.9 Å². The molecule has 0 aromatic carbocycles. The molecule has 6 nitrogen and oxygen atoms in total. The van der Waals surface area contributed by atoms with Crippen molar-refractivity contribution in [2.45, 2.75) is 57.4 Å². The third-order valence-corrected chi connectivity index (χ3v) is 4.81. The Labute approximate surface area is 131 Å². The molecule has 22 heavy (non-hydrogen) atoms. The van der Waals surface area contributed by atoms with Crippen molar-refractivity contribution < 1.29 is 19.5 Å². The van der Waals surface area contributed by atoms with Gasteiger partial charge in [0.1, 0.15) is 0 Å². The van der Waals surface area contributed by atoms with Crippen molar-refractivity contribution in [3.8, 4) is 0 Å². The Morgan fingerprint density at radius 3 is 2.45 bits per heavy atom. The lowest BCUT2D eigenvalue weighted by Crippen LogP contribution is -2.39. The smallest absolute Gasteiger partial charge is 0.305 e. The molecule has 1 heterocycles. The number of carbonyl (C=O) groups is 3. The van der Waals surface area contributed by atoms with Crippen LogP contribution in [0.5, 0.6) is 0 Å². The number of amides is 2. The lowest BCUT2D eigenvalue weighted by atomic mass is 10.1. The Hall–Kier alpha value is -1.59. The maximum absolute atomic E-state index is 12.4. The molecule has 2 aliphatic rings. The van der Waals surface area contributed by atoms with Crippen LogP contribution >= 0.6 is 0 Å². The molecule has 1 atom stereocenters. The van der Waals surface area contributed by atoms with Crippen LogP contribution in [0.25, 0.3) is 0 Å². The minimum Gasteiger partial charge on any atom is -0.481 e. The van der Waals surface area contributed by atoms with Gasteiger partial charge in [-0.1, -0.05) is 25.7 Å². The Morgan fingerprint density at radius 1 is 1.23 bits per heavy atom. The van der Waals surface area contributed by atoms with Crippen molar-refractivity contribution >= 4 is 17.8 Å². The highest BCUT2D eigenvalue weighted by molar-refractivity contribution is 5.89. The molecular formula is C16H26N2O4. The van der Waals surface area contributed by atoms with Crippen LogP contribution in [0.15, 0.2) is 0 Å². The van der Waals surface area contributed by atoms with Crippen molar-refractivity contribution in [2.75, 3.05) is 20.1 Å². The third-order valence-electron chi connectivity index (χ3n) is 4.81. The molecule has 1 saturated heterocycles. The second-order valence-corrected chi connectivity index (χ2v) is 6.50.